The predicted octanol–water partition coefficient (Wildman–Crippen LogP) is 2.88. The van der Waals surface area contributed by atoms with Crippen LogP contribution in [-0.4, -0.2) is 23.1 Å². The highest BCUT2D eigenvalue weighted by molar-refractivity contribution is 9.10. The number of carbonyl (C=O) groups is 2. The molecule has 5 nitrogen and oxygen atoms in total. The third-order valence-electron chi connectivity index (χ3n) is 2.53. The normalized spacial score (nSPS) is 11.8. The van der Waals surface area contributed by atoms with Crippen LogP contribution in [0.3, 0.4) is 0 Å². The molecule has 0 fully saturated rings. The fraction of sp³-hybridized carbons (Fsp3) is 0.333. The number of benzene rings is 1. The quantitative estimate of drug-likeness (QED) is 0.793. The van der Waals surface area contributed by atoms with Crippen molar-refractivity contribution in [2.24, 2.45) is 0 Å². The summed E-state index contributed by atoms with van der Waals surface area (Å²) in [5.41, 5.74) is 0.949. The highest BCUT2D eigenvalue weighted by atomic mass is 79.9. The Kier molecular flexibility index (Phi) is 5.29. The van der Waals surface area contributed by atoms with Gasteiger partial charge in [0, 0.05) is 5.69 Å². The van der Waals surface area contributed by atoms with Crippen molar-refractivity contribution >= 4 is 33.6 Å². The summed E-state index contributed by atoms with van der Waals surface area (Å²) >= 11 is 3.02. The van der Waals surface area contributed by atoms with Crippen LogP contribution in [0.5, 0.6) is 0 Å². The lowest BCUT2D eigenvalue weighted by Crippen LogP contribution is -2.42. The van der Waals surface area contributed by atoms with E-state index in [1.807, 2.05) is 0 Å². The Morgan fingerprint density at radius 2 is 2.11 bits per heavy atom. The molecule has 1 rings (SSSR count). The van der Waals surface area contributed by atoms with Crippen LogP contribution in [0, 0.1) is 12.7 Å². The minimum Gasteiger partial charge on any atom is -0.480 e. The van der Waals surface area contributed by atoms with Crippen LogP contribution in [0.25, 0.3) is 0 Å². The Balaban J connectivity index is 2.77. The molecule has 1 unspecified atom stereocenters. The van der Waals surface area contributed by atoms with Crippen molar-refractivity contribution in [3.63, 3.8) is 0 Å². The number of carboxylic acids is 1. The third-order valence-corrected chi connectivity index (χ3v) is 3.13. The van der Waals surface area contributed by atoms with Gasteiger partial charge in [0.25, 0.3) is 0 Å². The Morgan fingerprint density at radius 1 is 1.47 bits per heavy atom. The van der Waals surface area contributed by atoms with E-state index >= 15 is 0 Å². The van der Waals surface area contributed by atoms with Crippen LogP contribution in [-0.2, 0) is 4.79 Å². The van der Waals surface area contributed by atoms with Crippen LogP contribution in [0.1, 0.15) is 18.9 Å². The number of nitrogens with one attached hydrogen (secondary N) is 2. The molecular formula is C12H14BrFN2O3. The number of aryl methyl sites for hydroxylation is 1. The summed E-state index contributed by atoms with van der Waals surface area (Å²) in [4.78, 5) is 22.4. The van der Waals surface area contributed by atoms with Crippen LogP contribution in [0.15, 0.2) is 16.6 Å². The highest BCUT2D eigenvalue weighted by Gasteiger charge is 2.18. The molecule has 1 atom stereocenters. The number of carbonyl (C=O) groups excluding carboxylic acids is 1. The van der Waals surface area contributed by atoms with Gasteiger partial charge in [-0.1, -0.05) is 6.92 Å². The molecule has 0 spiro atoms. The third kappa shape index (κ3) is 4.20. The van der Waals surface area contributed by atoms with E-state index in [1.165, 1.54) is 12.1 Å². The maximum absolute atomic E-state index is 13.2. The first-order valence-electron chi connectivity index (χ1n) is 5.61. The van der Waals surface area contributed by atoms with Crippen LogP contribution >= 0.6 is 15.9 Å². The number of hydrogen-bond acceptors (Lipinski definition) is 2. The molecule has 0 heterocycles. The number of urea groups is 1. The molecule has 0 bridgehead atoms. The van der Waals surface area contributed by atoms with E-state index < -0.39 is 23.9 Å². The first-order chi connectivity index (χ1) is 8.85. The molecular weight excluding hydrogens is 319 g/mol. The number of carboxylic acid groups (broad SMARTS) is 1. The molecule has 0 aromatic heterocycles. The van der Waals surface area contributed by atoms with E-state index in [2.05, 4.69) is 26.6 Å². The highest BCUT2D eigenvalue weighted by Crippen LogP contribution is 2.24. The van der Waals surface area contributed by atoms with Gasteiger partial charge in [0.15, 0.2) is 0 Å². The van der Waals surface area contributed by atoms with Crippen LogP contribution in [0.2, 0.25) is 0 Å². The van der Waals surface area contributed by atoms with Gasteiger partial charge in [-0.2, -0.15) is 0 Å². The minimum absolute atomic E-state index is 0.221. The molecule has 0 aliphatic rings. The second kappa shape index (κ2) is 6.51. The SMILES string of the molecule is CCC(NC(=O)Nc1cc(Br)c(F)cc1C)C(=O)O. The van der Waals surface area contributed by atoms with E-state index in [-0.39, 0.29) is 10.9 Å². The van der Waals surface area contributed by atoms with Crippen LogP contribution < -0.4 is 10.6 Å². The lowest BCUT2D eigenvalue weighted by atomic mass is 10.2. The molecule has 3 N–H and O–H groups in total. The van der Waals surface area contributed by atoms with Gasteiger partial charge in [0.05, 0.1) is 4.47 Å². The van der Waals surface area contributed by atoms with E-state index in [0.717, 1.165) is 0 Å². The monoisotopic (exact) mass is 332 g/mol. The predicted molar refractivity (Wildman–Crippen MR) is 72.7 cm³/mol. The summed E-state index contributed by atoms with van der Waals surface area (Å²) in [6.45, 7) is 3.29. The van der Waals surface area contributed by atoms with E-state index in [1.54, 1.807) is 13.8 Å². The van der Waals surface area contributed by atoms with Gasteiger partial charge in [-0.3, -0.25) is 0 Å². The van der Waals surface area contributed by atoms with Gasteiger partial charge in [0.1, 0.15) is 11.9 Å². The molecule has 0 saturated heterocycles. The number of anilines is 1. The molecule has 19 heavy (non-hydrogen) atoms. The van der Waals surface area contributed by atoms with E-state index in [4.69, 9.17) is 5.11 Å². The standard InChI is InChI=1S/C12H14BrFN2O3/c1-3-9(11(17)18)15-12(19)16-10-5-7(13)8(14)4-6(10)2/h4-5,9H,3H2,1-2H3,(H,17,18)(H2,15,16,19). The maximum Gasteiger partial charge on any atom is 0.326 e. The largest absolute Gasteiger partial charge is 0.480 e. The minimum atomic E-state index is -1.10. The average Bonchev–Trinajstić information content (AvgIpc) is 2.32. The molecule has 104 valence electrons. The first kappa shape index (κ1) is 15.4. The topological polar surface area (TPSA) is 78.4 Å². The second-order valence-corrected chi connectivity index (χ2v) is 4.83. The Labute approximate surface area is 118 Å². The number of aliphatic carboxylic acids is 1. The van der Waals surface area contributed by atoms with Crippen molar-refractivity contribution in [3.8, 4) is 0 Å². The van der Waals surface area contributed by atoms with Gasteiger partial charge >= 0.3 is 12.0 Å². The van der Waals surface area contributed by atoms with Gasteiger partial charge < -0.3 is 15.7 Å². The lowest BCUT2D eigenvalue weighted by molar-refractivity contribution is -0.139. The fourth-order valence-corrected chi connectivity index (χ4v) is 1.78. The molecule has 0 aliphatic heterocycles. The molecule has 0 radical (unpaired) electrons. The maximum atomic E-state index is 13.2. The van der Waals surface area contributed by atoms with Crippen molar-refractivity contribution in [1.29, 1.82) is 0 Å². The summed E-state index contributed by atoms with van der Waals surface area (Å²) in [5.74, 6) is -1.53. The first-order valence-corrected chi connectivity index (χ1v) is 6.40. The van der Waals surface area contributed by atoms with Crippen LogP contribution in [0.4, 0.5) is 14.9 Å². The zero-order valence-electron chi connectivity index (χ0n) is 10.5. The van der Waals surface area contributed by atoms with Crippen molar-refractivity contribution in [1.82, 2.24) is 5.32 Å². The number of rotatable bonds is 4. The number of halogens is 2. The summed E-state index contributed by atoms with van der Waals surface area (Å²) in [5, 5.41) is 13.6. The van der Waals surface area contributed by atoms with Gasteiger partial charge in [-0.15, -0.1) is 0 Å². The number of amides is 2. The Hall–Kier alpha value is -1.63. The van der Waals surface area contributed by atoms with Gasteiger partial charge in [-0.25, -0.2) is 14.0 Å². The fourth-order valence-electron chi connectivity index (χ4n) is 1.44. The zero-order chi connectivity index (χ0) is 14.6. The summed E-state index contributed by atoms with van der Waals surface area (Å²) in [6, 6.07) is 1.10. The molecule has 0 aliphatic carbocycles. The molecule has 2 amide bonds. The average molecular weight is 333 g/mol. The summed E-state index contributed by atoms with van der Waals surface area (Å²) in [6.07, 6.45) is 0.273. The van der Waals surface area contributed by atoms with Crippen molar-refractivity contribution in [3.05, 3.63) is 28.0 Å². The summed E-state index contributed by atoms with van der Waals surface area (Å²) < 4.78 is 13.4. The van der Waals surface area contributed by atoms with Crippen molar-refractivity contribution < 1.29 is 19.1 Å². The Morgan fingerprint density at radius 3 is 2.63 bits per heavy atom. The van der Waals surface area contributed by atoms with E-state index in [0.29, 0.717) is 11.3 Å². The molecule has 1 aromatic carbocycles. The summed E-state index contributed by atoms with van der Waals surface area (Å²) in [7, 11) is 0. The molecule has 7 heteroatoms. The Bertz CT molecular complexity index is 508. The molecule has 0 saturated carbocycles. The smallest absolute Gasteiger partial charge is 0.326 e. The van der Waals surface area contributed by atoms with Gasteiger partial charge in [0.2, 0.25) is 0 Å². The second-order valence-electron chi connectivity index (χ2n) is 3.98. The van der Waals surface area contributed by atoms with Crippen molar-refractivity contribution in [2.75, 3.05) is 5.32 Å². The van der Waals surface area contributed by atoms with Crippen molar-refractivity contribution in [2.45, 2.75) is 26.3 Å². The number of hydrogen-bond donors (Lipinski definition) is 3. The molecule has 1 aromatic rings. The lowest BCUT2D eigenvalue weighted by Gasteiger charge is -2.14. The van der Waals surface area contributed by atoms with Gasteiger partial charge in [-0.05, 0) is 47.0 Å². The van der Waals surface area contributed by atoms with E-state index in [9.17, 15) is 14.0 Å². The zero-order valence-corrected chi connectivity index (χ0v) is 12.0.